The summed E-state index contributed by atoms with van der Waals surface area (Å²) in [6, 6.07) is 2.33. The third kappa shape index (κ3) is 6.28. The molecule has 0 aliphatic heterocycles. The number of rotatable bonds is 12. The Balaban J connectivity index is 2.62. The SMILES string of the molecule is CCCCNc1nc(Nc2cc(OCC)c(S(=O)(=O)NC)cc2S(=O)(=O)NC)ncc1Br. The van der Waals surface area contributed by atoms with Gasteiger partial charge >= 0.3 is 0 Å². The molecule has 0 amide bonds. The van der Waals surface area contributed by atoms with E-state index in [9.17, 15) is 16.8 Å². The monoisotopic (exact) mass is 550 g/mol. The maximum absolute atomic E-state index is 12.7. The number of aromatic nitrogens is 2. The van der Waals surface area contributed by atoms with Crippen LogP contribution >= 0.6 is 15.9 Å². The highest BCUT2D eigenvalue weighted by Gasteiger charge is 2.26. The molecule has 1 aromatic carbocycles. The Morgan fingerprint density at radius 3 is 2.28 bits per heavy atom. The smallest absolute Gasteiger partial charge is 0.244 e. The molecule has 4 N–H and O–H groups in total. The van der Waals surface area contributed by atoms with Gasteiger partial charge in [-0.05, 0) is 49.4 Å². The summed E-state index contributed by atoms with van der Waals surface area (Å²) in [4.78, 5) is 7.96. The van der Waals surface area contributed by atoms with Gasteiger partial charge in [-0.3, -0.25) is 0 Å². The quantitative estimate of drug-likeness (QED) is 0.292. The van der Waals surface area contributed by atoms with Gasteiger partial charge in [0.05, 0.1) is 16.8 Å². The molecular weight excluding hydrogens is 524 g/mol. The normalized spacial score (nSPS) is 11.9. The summed E-state index contributed by atoms with van der Waals surface area (Å²) in [7, 11) is -5.59. The van der Waals surface area contributed by atoms with E-state index in [1.165, 1.54) is 26.4 Å². The van der Waals surface area contributed by atoms with Crippen LogP contribution in [0.4, 0.5) is 17.5 Å². The van der Waals surface area contributed by atoms with Crippen molar-refractivity contribution in [3.63, 3.8) is 0 Å². The van der Waals surface area contributed by atoms with Crippen molar-refractivity contribution in [2.24, 2.45) is 0 Å². The lowest BCUT2D eigenvalue weighted by atomic mass is 10.3. The van der Waals surface area contributed by atoms with Gasteiger partial charge in [-0.1, -0.05) is 13.3 Å². The number of unbranched alkanes of at least 4 members (excludes halogenated alkanes) is 1. The Bertz CT molecular complexity index is 1160. The van der Waals surface area contributed by atoms with Crippen LogP contribution in [0.1, 0.15) is 26.7 Å². The summed E-state index contributed by atoms with van der Waals surface area (Å²) in [6.45, 7) is 4.63. The van der Waals surface area contributed by atoms with Crippen LogP contribution in [0.15, 0.2) is 32.6 Å². The Kier molecular flexibility index (Phi) is 9.21. The summed E-state index contributed by atoms with van der Waals surface area (Å²) in [5.74, 6) is 0.637. The van der Waals surface area contributed by atoms with Gasteiger partial charge in [-0.2, -0.15) is 4.98 Å². The molecule has 178 valence electrons. The second-order valence-corrected chi connectivity index (χ2v) is 11.0. The molecule has 0 unspecified atom stereocenters. The summed E-state index contributed by atoms with van der Waals surface area (Å²) < 4.78 is 60.8. The topological polar surface area (TPSA) is 151 Å². The van der Waals surface area contributed by atoms with E-state index in [-0.39, 0.29) is 33.8 Å². The predicted octanol–water partition coefficient (Wildman–Crippen LogP) is 2.41. The van der Waals surface area contributed by atoms with E-state index in [1.807, 2.05) is 0 Å². The van der Waals surface area contributed by atoms with Gasteiger partial charge in [0, 0.05) is 18.8 Å². The van der Waals surface area contributed by atoms with E-state index in [1.54, 1.807) is 6.92 Å². The van der Waals surface area contributed by atoms with Gasteiger partial charge in [0.25, 0.3) is 0 Å². The van der Waals surface area contributed by atoms with Crippen LogP contribution in [0, 0.1) is 0 Å². The Morgan fingerprint density at radius 2 is 1.69 bits per heavy atom. The van der Waals surface area contributed by atoms with Crippen LogP contribution in [0.25, 0.3) is 0 Å². The van der Waals surface area contributed by atoms with Crippen LogP contribution in [0.5, 0.6) is 5.75 Å². The minimum atomic E-state index is -4.05. The molecule has 1 aromatic heterocycles. The van der Waals surface area contributed by atoms with E-state index in [4.69, 9.17) is 4.74 Å². The zero-order chi connectivity index (χ0) is 23.9. The molecule has 0 aliphatic carbocycles. The fourth-order valence-electron chi connectivity index (χ4n) is 2.61. The number of nitrogens with zero attached hydrogens (tertiary/aromatic N) is 2. The molecule has 2 rings (SSSR count). The van der Waals surface area contributed by atoms with Crippen molar-refractivity contribution in [2.75, 3.05) is 37.9 Å². The number of halogens is 1. The molecule has 11 nitrogen and oxygen atoms in total. The van der Waals surface area contributed by atoms with Crippen LogP contribution in [-0.2, 0) is 20.0 Å². The van der Waals surface area contributed by atoms with E-state index in [2.05, 4.69) is 52.9 Å². The van der Waals surface area contributed by atoms with Crippen molar-refractivity contribution in [1.82, 2.24) is 19.4 Å². The van der Waals surface area contributed by atoms with Crippen molar-refractivity contribution < 1.29 is 21.6 Å². The maximum atomic E-state index is 12.7. The largest absolute Gasteiger partial charge is 0.492 e. The number of nitrogens with one attached hydrogen (secondary N) is 4. The van der Waals surface area contributed by atoms with Gasteiger partial charge in [0.2, 0.25) is 26.0 Å². The molecule has 0 spiro atoms. The molecule has 0 bridgehead atoms. The van der Waals surface area contributed by atoms with Crippen molar-refractivity contribution in [3.05, 3.63) is 22.8 Å². The number of benzene rings is 1. The standard InChI is InChI=1S/C18H27BrN6O5S2/c1-5-7-8-22-17-12(19)11-23-18(25-17)24-13-9-14(30-6-2)16(32(28,29)21-4)10-15(13)31(26,27)20-3/h9-11,20-21H,5-8H2,1-4H3,(H2,22,23,24,25). The highest BCUT2D eigenvalue weighted by molar-refractivity contribution is 9.10. The van der Waals surface area contributed by atoms with Gasteiger partial charge in [0.15, 0.2) is 0 Å². The molecule has 0 fully saturated rings. The molecule has 32 heavy (non-hydrogen) atoms. The first-order chi connectivity index (χ1) is 15.1. The number of sulfonamides is 2. The first-order valence-corrected chi connectivity index (χ1v) is 13.6. The molecule has 0 radical (unpaired) electrons. The average molecular weight is 551 g/mol. The minimum Gasteiger partial charge on any atom is -0.492 e. The average Bonchev–Trinajstić information content (AvgIpc) is 2.76. The first kappa shape index (κ1) is 26.3. The number of anilines is 3. The summed E-state index contributed by atoms with van der Waals surface area (Å²) >= 11 is 3.38. The highest BCUT2D eigenvalue weighted by Crippen LogP contribution is 2.35. The zero-order valence-electron chi connectivity index (χ0n) is 18.2. The van der Waals surface area contributed by atoms with E-state index in [0.717, 1.165) is 18.9 Å². The lowest BCUT2D eigenvalue weighted by Crippen LogP contribution is -2.23. The van der Waals surface area contributed by atoms with Crippen molar-refractivity contribution >= 4 is 53.4 Å². The second-order valence-electron chi connectivity index (χ2n) is 6.44. The molecular formula is C18H27BrN6O5S2. The molecule has 0 saturated carbocycles. The number of hydrogen-bond donors (Lipinski definition) is 4. The number of ether oxygens (including phenoxy) is 1. The van der Waals surface area contributed by atoms with Crippen LogP contribution in [-0.4, -0.2) is 54.1 Å². The predicted molar refractivity (Wildman–Crippen MR) is 127 cm³/mol. The summed E-state index contributed by atoms with van der Waals surface area (Å²) in [5.41, 5.74) is 0.0553. The lowest BCUT2D eigenvalue weighted by molar-refractivity contribution is 0.331. The fourth-order valence-corrected chi connectivity index (χ4v) is 4.79. The third-order valence-electron chi connectivity index (χ3n) is 4.28. The van der Waals surface area contributed by atoms with Gasteiger partial charge in [-0.15, -0.1) is 0 Å². The molecule has 0 aliphatic rings. The molecule has 2 aromatic rings. The number of hydrogen-bond acceptors (Lipinski definition) is 9. The molecule has 0 saturated heterocycles. The van der Waals surface area contributed by atoms with Crippen LogP contribution < -0.4 is 24.8 Å². The summed E-state index contributed by atoms with van der Waals surface area (Å²) in [6.07, 6.45) is 3.48. The molecule has 14 heteroatoms. The third-order valence-corrected chi connectivity index (χ3v) is 7.75. The molecule has 1 heterocycles. The second kappa shape index (κ2) is 11.2. The fraction of sp³-hybridized carbons (Fsp3) is 0.444. The highest BCUT2D eigenvalue weighted by atomic mass is 79.9. The Morgan fingerprint density at radius 1 is 1.03 bits per heavy atom. The van der Waals surface area contributed by atoms with Crippen molar-refractivity contribution in [1.29, 1.82) is 0 Å². The van der Waals surface area contributed by atoms with Gasteiger partial charge in [-0.25, -0.2) is 31.3 Å². The van der Waals surface area contributed by atoms with Crippen molar-refractivity contribution in [3.8, 4) is 5.75 Å². The van der Waals surface area contributed by atoms with Gasteiger partial charge in [0.1, 0.15) is 21.4 Å². The lowest BCUT2D eigenvalue weighted by Gasteiger charge is -2.17. The minimum absolute atomic E-state index is 0.0159. The maximum Gasteiger partial charge on any atom is 0.244 e. The Hall–Kier alpha value is -2.00. The van der Waals surface area contributed by atoms with Crippen LogP contribution in [0.3, 0.4) is 0 Å². The van der Waals surface area contributed by atoms with E-state index < -0.39 is 20.0 Å². The first-order valence-electron chi connectivity index (χ1n) is 9.81. The van der Waals surface area contributed by atoms with E-state index in [0.29, 0.717) is 16.8 Å². The van der Waals surface area contributed by atoms with Gasteiger partial charge < -0.3 is 15.4 Å². The summed E-state index contributed by atoms with van der Waals surface area (Å²) in [5, 5.41) is 6.05. The van der Waals surface area contributed by atoms with Crippen molar-refractivity contribution in [2.45, 2.75) is 36.5 Å². The molecule has 0 atom stereocenters. The zero-order valence-corrected chi connectivity index (χ0v) is 21.4. The van der Waals surface area contributed by atoms with Crippen LogP contribution in [0.2, 0.25) is 0 Å². The van der Waals surface area contributed by atoms with E-state index >= 15 is 0 Å². The Labute approximate surface area is 197 Å².